The SMILES string of the molecule is C[C@H](CNC(=O)N1CCOC[C@@H]1CO)COCc1ccccc1. The number of rotatable bonds is 7. The highest BCUT2D eigenvalue weighted by atomic mass is 16.5. The third-order valence-electron chi connectivity index (χ3n) is 3.81. The van der Waals surface area contributed by atoms with Crippen molar-refractivity contribution < 1.29 is 19.4 Å². The molecule has 0 saturated carbocycles. The van der Waals surface area contributed by atoms with E-state index < -0.39 is 0 Å². The molecule has 0 aliphatic carbocycles. The molecular weight excluding hydrogens is 296 g/mol. The molecule has 1 heterocycles. The summed E-state index contributed by atoms with van der Waals surface area (Å²) in [6, 6.07) is 9.60. The fraction of sp³-hybridized carbons (Fsp3) is 0.588. The maximum Gasteiger partial charge on any atom is 0.317 e. The summed E-state index contributed by atoms with van der Waals surface area (Å²) in [6.07, 6.45) is 0. The van der Waals surface area contributed by atoms with Gasteiger partial charge >= 0.3 is 6.03 Å². The molecule has 0 spiro atoms. The van der Waals surface area contributed by atoms with Crippen LogP contribution >= 0.6 is 0 Å². The summed E-state index contributed by atoms with van der Waals surface area (Å²) in [5, 5.41) is 12.2. The van der Waals surface area contributed by atoms with E-state index in [1.54, 1.807) is 4.90 Å². The van der Waals surface area contributed by atoms with Gasteiger partial charge in [0.25, 0.3) is 0 Å². The van der Waals surface area contributed by atoms with E-state index in [-0.39, 0.29) is 24.6 Å². The van der Waals surface area contributed by atoms with Gasteiger partial charge in [0.2, 0.25) is 0 Å². The Labute approximate surface area is 137 Å². The second-order valence-corrected chi connectivity index (χ2v) is 5.90. The topological polar surface area (TPSA) is 71.0 Å². The van der Waals surface area contributed by atoms with Crippen LogP contribution in [0.1, 0.15) is 12.5 Å². The number of aliphatic hydroxyl groups excluding tert-OH is 1. The third-order valence-corrected chi connectivity index (χ3v) is 3.81. The normalized spacial score (nSPS) is 19.4. The van der Waals surface area contributed by atoms with Crippen LogP contribution in [0, 0.1) is 5.92 Å². The van der Waals surface area contributed by atoms with Gasteiger partial charge in [0, 0.05) is 13.1 Å². The van der Waals surface area contributed by atoms with Gasteiger partial charge in [-0.1, -0.05) is 37.3 Å². The van der Waals surface area contributed by atoms with Crippen molar-refractivity contribution >= 4 is 6.03 Å². The van der Waals surface area contributed by atoms with Gasteiger partial charge in [0.15, 0.2) is 0 Å². The van der Waals surface area contributed by atoms with E-state index in [4.69, 9.17) is 9.47 Å². The zero-order valence-corrected chi connectivity index (χ0v) is 13.6. The van der Waals surface area contributed by atoms with E-state index in [2.05, 4.69) is 5.32 Å². The van der Waals surface area contributed by atoms with Crippen LogP contribution < -0.4 is 5.32 Å². The molecule has 2 rings (SSSR count). The van der Waals surface area contributed by atoms with Crippen LogP contribution in [-0.4, -0.2) is 61.6 Å². The van der Waals surface area contributed by atoms with Crippen molar-refractivity contribution in [3.05, 3.63) is 35.9 Å². The van der Waals surface area contributed by atoms with Gasteiger partial charge in [-0.15, -0.1) is 0 Å². The number of morpholine rings is 1. The number of hydrogen-bond acceptors (Lipinski definition) is 4. The van der Waals surface area contributed by atoms with Crippen molar-refractivity contribution in [3.8, 4) is 0 Å². The highest BCUT2D eigenvalue weighted by Gasteiger charge is 2.26. The fourth-order valence-electron chi connectivity index (χ4n) is 2.45. The molecule has 1 aromatic rings. The summed E-state index contributed by atoms with van der Waals surface area (Å²) in [5.41, 5.74) is 1.14. The molecule has 0 aromatic heterocycles. The first-order chi connectivity index (χ1) is 11.2. The predicted molar refractivity (Wildman–Crippen MR) is 87.1 cm³/mol. The Morgan fingerprint density at radius 2 is 2.26 bits per heavy atom. The molecule has 6 heteroatoms. The number of ether oxygens (including phenoxy) is 2. The molecule has 6 nitrogen and oxygen atoms in total. The van der Waals surface area contributed by atoms with Crippen molar-refractivity contribution in [1.29, 1.82) is 0 Å². The molecular formula is C17H26N2O4. The lowest BCUT2D eigenvalue weighted by molar-refractivity contribution is -0.00795. The number of nitrogens with one attached hydrogen (secondary N) is 1. The molecule has 2 atom stereocenters. The number of urea groups is 1. The molecule has 0 bridgehead atoms. The van der Waals surface area contributed by atoms with Crippen molar-refractivity contribution in [2.75, 3.05) is 39.5 Å². The summed E-state index contributed by atoms with van der Waals surface area (Å²) >= 11 is 0. The van der Waals surface area contributed by atoms with Gasteiger partial charge < -0.3 is 24.8 Å². The number of benzene rings is 1. The van der Waals surface area contributed by atoms with Gasteiger partial charge in [0.1, 0.15) is 0 Å². The Kier molecular flexibility index (Phi) is 7.32. The number of carbonyl (C=O) groups is 1. The largest absolute Gasteiger partial charge is 0.394 e. The summed E-state index contributed by atoms with van der Waals surface area (Å²) in [6.45, 7) is 5.08. The Bertz CT molecular complexity index is 469. The summed E-state index contributed by atoms with van der Waals surface area (Å²) in [5.74, 6) is 0.219. The first-order valence-corrected chi connectivity index (χ1v) is 8.05. The standard InChI is InChI=1S/C17H26N2O4/c1-14(11-23-12-15-5-3-2-4-6-15)9-18-17(21)19-7-8-22-13-16(19)10-20/h2-6,14,16,20H,7-13H2,1H3,(H,18,21)/t14-,16+/m1/s1. The maximum atomic E-state index is 12.2. The monoisotopic (exact) mass is 322 g/mol. The average molecular weight is 322 g/mol. The van der Waals surface area contributed by atoms with Gasteiger partial charge in [-0.3, -0.25) is 0 Å². The van der Waals surface area contributed by atoms with Crippen molar-refractivity contribution in [2.45, 2.75) is 19.6 Å². The second kappa shape index (κ2) is 9.50. The van der Waals surface area contributed by atoms with Crippen molar-refractivity contribution in [1.82, 2.24) is 10.2 Å². The summed E-state index contributed by atoms with van der Waals surface area (Å²) in [4.78, 5) is 13.8. The first-order valence-electron chi connectivity index (χ1n) is 8.05. The Morgan fingerprint density at radius 3 is 3.00 bits per heavy atom. The van der Waals surface area contributed by atoms with Gasteiger partial charge in [0.05, 0.1) is 39.1 Å². The fourth-order valence-corrected chi connectivity index (χ4v) is 2.45. The average Bonchev–Trinajstić information content (AvgIpc) is 2.60. The van der Waals surface area contributed by atoms with Crippen LogP contribution in [0.5, 0.6) is 0 Å². The minimum atomic E-state index is -0.256. The third kappa shape index (κ3) is 5.82. The van der Waals surface area contributed by atoms with Crippen LogP contribution in [0.25, 0.3) is 0 Å². The Hall–Kier alpha value is -1.63. The number of aliphatic hydroxyl groups is 1. The van der Waals surface area contributed by atoms with Crippen LogP contribution in [0.3, 0.4) is 0 Å². The van der Waals surface area contributed by atoms with Crippen LogP contribution in [0.2, 0.25) is 0 Å². The number of carbonyl (C=O) groups excluding carboxylic acids is 1. The summed E-state index contributed by atoms with van der Waals surface area (Å²) < 4.78 is 10.9. The second-order valence-electron chi connectivity index (χ2n) is 5.90. The lowest BCUT2D eigenvalue weighted by Gasteiger charge is -2.34. The van der Waals surface area contributed by atoms with Gasteiger partial charge in [-0.2, -0.15) is 0 Å². The predicted octanol–water partition coefficient (Wildman–Crippen LogP) is 1.24. The quantitative estimate of drug-likeness (QED) is 0.792. The van der Waals surface area contributed by atoms with Crippen LogP contribution in [-0.2, 0) is 16.1 Å². The van der Waals surface area contributed by atoms with E-state index in [0.29, 0.717) is 39.5 Å². The molecule has 1 aromatic carbocycles. The van der Waals surface area contributed by atoms with Crippen molar-refractivity contribution in [2.24, 2.45) is 5.92 Å². The van der Waals surface area contributed by atoms with Crippen LogP contribution in [0.15, 0.2) is 30.3 Å². The maximum absolute atomic E-state index is 12.2. The molecule has 128 valence electrons. The van der Waals surface area contributed by atoms with Crippen LogP contribution in [0.4, 0.5) is 4.79 Å². The lowest BCUT2D eigenvalue weighted by Crippen LogP contribution is -2.54. The molecule has 2 amide bonds. The highest BCUT2D eigenvalue weighted by molar-refractivity contribution is 5.74. The lowest BCUT2D eigenvalue weighted by atomic mass is 10.2. The van der Waals surface area contributed by atoms with Gasteiger partial charge in [-0.05, 0) is 11.5 Å². The van der Waals surface area contributed by atoms with E-state index in [1.807, 2.05) is 37.3 Å². The van der Waals surface area contributed by atoms with E-state index in [9.17, 15) is 9.90 Å². The van der Waals surface area contributed by atoms with Crippen molar-refractivity contribution in [3.63, 3.8) is 0 Å². The Balaban J connectivity index is 1.65. The van der Waals surface area contributed by atoms with E-state index >= 15 is 0 Å². The minimum absolute atomic E-state index is 0.0802. The first kappa shape index (κ1) is 17.7. The molecule has 0 radical (unpaired) electrons. The molecule has 23 heavy (non-hydrogen) atoms. The number of amides is 2. The molecule has 1 aliphatic rings. The summed E-state index contributed by atoms with van der Waals surface area (Å²) in [7, 11) is 0. The minimum Gasteiger partial charge on any atom is -0.394 e. The molecule has 1 fully saturated rings. The van der Waals surface area contributed by atoms with Gasteiger partial charge in [-0.25, -0.2) is 4.79 Å². The zero-order chi connectivity index (χ0) is 16.5. The molecule has 1 aliphatic heterocycles. The number of hydrogen-bond donors (Lipinski definition) is 2. The van der Waals surface area contributed by atoms with E-state index in [1.165, 1.54) is 0 Å². The number of nitrogens with zero attached hydrogens (tertiary/aromatic N) is 1. The molecule has 0 unspecified atom stereocenters. The smallest absolute Gasteiger partial charge is 0.317 e. The highest BCUT2D eigenvalue weighted by Crippen LogP contribution is 2.07. The molecule has 1 saturated heterocycles. The Morgan fingerprint density at radius 1 is 1.48 bits per heavy atom. The molecule has 2 N–H and O–H groups in total. The van der Waals surface area contributed by atoms with E-state index in [0.717, 1.165) is 5.56 Å². The zero-order valence-electron chi connectivity index (χ0n) is 13.6.